The molecule has 1 aliphatic rings. The maximum Gasteiger partial charge on any atom is 0.488 e. The highest BCUT2D eigenvalue weighted by molar-refractivity contribution is 7.73. The second-order valence-electron chi connectivity index (χ2n) is 6.44. The smallest absolute Gasteiger partial charge is 0.488 e. The van der Waals surface area contributed by atoms with Gasteiger partial charge in [0, 0.05) is 0 Å². The first-order valence-corrected chi connectivity index (χ1v) is 13.2. The van der Waals surface area contributed by atoms with Gasteiger partial charge in [-0.15, -0.1) is 0 Å². The number of ether oxygens (including phenoxy) is 1. The second-order valence-corrected chi connectivity index (χ2v) is 12.0. The summed E-state index contributed by atoms with van der Waals surface area (Å²) < 4.78 is 49.1. The van der Waals surface area contributed by atoms with Gasteiger partial charge in [-0.3, -0.25) is 9.13 Å². The zero-order chi connectivity index (χ0) is 23.2. The molecule has 2 aromatic heterocycles. The van der Waals surface area contributed by atoms with E-state index in [0.717, 1.165) is 6.33 Å². The fraction of sp³-hybridized carbons (Fsp3) is 0.545. The summed E-state index contributed by atoms with van der Waals surface area (Å²) in [6.45, 7) is -0.795. The number of hydrogen-bond donors (Lipinski definition) is 3. The molecule has 8 N–H and O–H groups in total. The number of fused-ring (bicyclic) bond motifs is 1. The van der Waals surface area contributed by atoms with E-state index in [9.17, 15) is 33.5 Å². The largest absolute Gasteiger partial charge is 0.789 e. The van der Waals surface area contributed by atoms with E-state index in [1.54, 1.807) is 0 Å². The summed E-state index contributed by atoms with van der Waals surface area (Å²) >= 11 is 0. The van der Waals surface area contributed by atoms with Crippen LogP contribution in [0, 0.1) is 0 Å². The van der Waals surface area contributed by atoms with E-state index >= 15 is 0 Å². The number of nitrogens with two attached hydrogens (primary N) is 1. The van der Waals surface area contributed by atoms with E-state index in [1.165, 1.54) is 10.9 Å². The molecule has 1 fully saturated rings. The van der Waals surface area contributed by atoms with E-state index in [1.807, 2.05) is 0 Å². The lowest BCUT2D eigenvalue weighted by Gasteiger charge is -2.28. The van der Waals surface area contributed by atoms with Crippen molar-refractivity contribution in [3.8, 4) is 0 Å². The highest BCUT2D eigenvalue weighted by Gasteiger charge is 2.49. The zero-order valence-corrected chi connectivity index (χ0v) is 17.9. The molecule has 0 amide bonds. The van der Waals surface area contributed by atoms with Crippen LogP contribution in [0.25, 0.3) is 11.2 Å². The molecule has 2 aromatic rings. The normalized spacial score (nSPS) is 28.5. The van der Waals surface area contributed by atoms with Gasteiger partial charge in [0.2, 0.25) is 18.2 Å². The molecule has 1 saturated heterocycles. The second kappa shape index (κ2) is 8.56. The molecule has 31 heavy (non-hydrogen) atoms. The van der Waals surface area contributed by atoms with Crippen LogP contribution in [0.3, 0.4) is 0 Å². The Bertz CT molecular complexity index is 1110. The summed E-state index contributed by atoms with van der Waals surface area (Å²) in [6.07, 6.45) is -2.86. The summed E-state index contributed by atoms with van der Waals surface area (Å²) in [5.41, 5.74) is 6.13. The summed E-state index contributed by atoms with van der Waals surface area (Å²) in [7, 11) is -15.8. The zero-order valence-electron chi connectivity index (χ0n) is 15.2. The average molecular weight is 505 g/mol. The van der Waals surface area contributed by atoms with E-state index in [-0.39, 0.29) is 17.0 Å². The lowest BCUT2D eigenvalue weighted by molar-refractivity contribution is -0.334. The number of nitrogens with zero attached hydrogens (tertiary/aromatic N) is 4. The van der Waals surface area contributed by atoms with Crippen molar-refractivity contribution in [3.63, 3.8) is 0 Å². The lowest BCUT2D eigenvalue weighted by Crippen LogP contribution is -2.33. The predicted molar refractivity (Wildman–Crippen MR) is 97.6 cm³/mol. The highest BCUT2D eigenvalue weighted by atomic mass is 31.3. The number of imidazole rings is 1. The maximum atomic E-state index is 12.0. The van der Waals surface area contributed by atoms with Gasteiger partial charge in [0.15, 0.2) is 17.6 Å². The number of aliphatic hydroxyl groups excluding tert-OH is 1. The maximum absolute atomic E-state index is 12.0. The molecule has 0 radical (unpaired) electrons. The number of aromatic nitrogens is 4. The molecule has 174 valence electrons. The molecule has 0 bridgehead atoms. The molecule has 0 saturated carbocycles. The number of rotatable bonds is 8. The van der Waals surface area contributed by atoms with Gasteiger partial charge in [-0.25, -0.2) is 23.8 Å². The molecule has 0 aromatic carbocycles. The van der Waals surface area contributed by atoms with Crippen LogP contribution in [-0.4, -0.2) is 70.3 Å². The van der Waals surface area contributed by atoms with Crippen LogP contribution in [0.5, 0.6) is 0 Å². The van der Waals surface area contributed by atoms with Crippen LogP contribution >= 0.6 is 23.0 Å². The summed E-state index contributed by atoms with van der Waals surface area (Å²) in [6, 6.07) is 0. The molecule has 1 aliphatic heterocycles. The Morgan fingerprint density at radius 3 is 2.61 bits per heavy atom. The average Bonchev–Trinajstić information content (AvgIpc) is 3.13. The molecule has 3 rings (SSSR count). The quantitative estimate of drug-likeness (QED) is 0.234. The molecule has 3 heterocycles. The van der Waals surface area contributed by atoms with Crippen molar-refractivity contribution >= 4 is 40.0 Å². The van der Waals surface area contributed by atoms with E-state index in [0.29, 0.717) is 0 Å². The van der Waals surface area contributed by atoms with Gasteiger partial charge in [-0.05, 0) is 0 Å². The first kappa shape index (κ1) is 24.3. The van der Waals surface area contributed by atoms with E-state index < -0.39 is 60.1 Å². The molecule has 17 nitrogen and oxygen atoms in total. The molecule has 0 aliphatic carbocycles. The number of aliphatic hydroxyl groups is 1. The van der Waals surface area contributed by atoms with Crippen molar-refractivity contribution in [2.75, 3.05) is 18.2 Å². The fourth-order valence-electron chi connectivity index (χ4n) is 2.83. The van der Waals surface area contributed by atoms with Crippen molar-refractivity contribution in [2.45, 2.75) is 24.5 Å². The van der Waals surface area contributed by atoms with Gasteiger partial charge in [0.05, 0.1) is 20.8 Å². The molecular weight excluding hydrogens is 487 g/mol. The first-order valence-electron chi connectivity index (χ1n) is 8.21. The third-order valence-electron chi connectivity index (χ3n) is 4.07. The van der Waals surface area contributed by atoms with Gasteiger partial charge >= 0.3 is 15.2 Å². The number of phosphoric acid groups is 1. The molecule has 6 atom stereocenters. The third kappa shape index (κ3) is 5.73. The van der Waals surface area contributed by atoms with Crippen molar-refractivity contribution in [3.05, 3.63) is 12.7 Å². The highest BCUT2D eigenvalue weighted by Crippen LogP contribution is 2.62. The Kier molecular flexibility index (Phi) is 6.71. The number of anilines is 1. The van der Waals surface area contributed by atoms with Crippen molar-refractivity contribution in [1.29, 1.82) is 0 Å². The number of hydrogen-bond acceptors (Lipinski definition) is 13. The molecule has 3 unspecified atom stereocenters. The van der Waals surface area contributed by atoms with Crippen LogP contribution < -0.4 is 15.5 Å². The van der Waals surface area contributed by atoms with Crippen LogP contribution in [-0.2, 0) is 27.3 Å². The monoisotopic (exact) mass is 505 g/mol. The van der Waals surface area contributed by atoms with Gasteiger partial charge < -0.3 is 49.3 Å². The van der Waals surface area contributed by atoms with Crippen LogP contribution in [0.1, 0.15) is 6.23 Å². The standard InChI is InChI=1S/C11H18N5O12P3/c12-9-6-10(14-2-13-9)16(3-15-6)11-8(18)7(17)5(27-11)1-26-29(19,20)4-30(21,22)28-31(23,24)25/h2-3,5,7-8,11,17-18H,1,4H2,(H,19,20)(H,21,22)(H2,12,13,14)(H2,23,24,25)/t5-,7+,8?,11-/m1/s1. The Hall–Kier alpha value is -1.32. The SMILES string of the molecule is Nc1ncnc2c1ncn2[C@@H]1O[C@H](COP(=O)(O)CP(=O)([OH2+])OP(=O)([O-])[O-])[C@H](O)C1[OH2+]. The lowest BCUT2D eigenvalue weighted by atomic mass is 10.1. The molecule has 0 spiro atoms. The fourth-order valence-corrected chi connectivity index (χ4v) is 7.38. The van der Waals surface area contributed by atoms with Gasteiger partial charge in [-0.2, -0.15) is 0 Å². The minimum absolute atomic E-state index is 0.0766. The van der Waals surface area contributed by atoms with E-state index in [2.05, 4.69) is 23.8 Å². The van der Waals surface area contributed by atoms with Crippen molar-refractivity contribution in [1.82, 2.24) is 19.5 Å². The predicted octanol–water partition coefficient (Wildman–Crippen LogP) is -3.32. The summed E-state index contributed by atoms with van der Waals surface area (Å²) in [4.78, 5) is 49.6. The van der Waals surface area contributed by atoms with Crippen molar-refractivity contribution in [2.24, 2.45) is 0 Å². The third-order valence-corrected chi connectivity index (χ3v) is 9.40. The Morgan fingerprint density at radius 2 is 1.97 bits per heavy atom. The molecular formula is C11H18N5O12P3. The van der Waals surface area contributed by atoms with Crippen LogP contribution in [0.2, 0.25) is 0 Å². The summed E-state index contributed by atoms with van der Waals surface area (Å²) in [5.74, 6) is -1.51. The van der Waals surface area contributed by atoms with Crippen LogP contribution in [0.4, 0.5) is 5.82 Å². The molecule has 20 heteroatoms. The van der Waals surface area contributed by atoms with Gasteiger partial charge in [0.25, 0.3) is 0 Å². The minimum Gasteiger partial charge on any atom is -0.789 e. The van der Waals surface area contributed by atoms with E-state index in [4.69, 9.17) is 20.5 Å². The topological polar surface area (TPSA) is 281 Å². The Morgan fingerprint density at radius 1 is 1.29 bits per heavy atom. The van der Waals surface area contributed by atoms with Gasteiger partial charge in [0.1, 0.15) is 17.9 Å². The Balaban J connectivity index is 1.69. The summed E-state index contributed by atoms with van der Waals surface area (Å²) in [5, 5.41) is 18.4. The first-order chi connectivity index (χ1) is 14.2. The van der Waals surface area contributed by atoms with Gasteiger partial charge in [-0.1, -0.05) is 0 Å². The van der Waals surface area contributed by atoms with Crippen molar-refractivity contribution < 1.29 is 57.1 Å². The number of nitrogen functional groups attached to an aromatic ring is 1. The van der Waals surface area contributed by atoms with Crippen LogP contribution in [0.15, 0.2) is 12.7 Å². The Labute approximate surface area is 172 Å². The minimum atomic E-state index is -5.85.